The van der Waals surface area contributed by atoms with Gasteiger partial charge in [-0.3, -0.25) is 0 Å². The van der Waals surface area contributed by atoms with Crippen LogP contribution >= 0.6 is 0 Å². The third-order valence-corrected chi connectivity index (χ3v) is 4.02. The second-order valence-electron chi connectivity index (χ2n) is 5.38. The predicted octanol–water partition coefficient (Wildman–Crippen LogP) is 4.65. The van der Waals surface area contributed by atoms with E-state index in [4.69, 9.17) is 0 Å². The molecule has 2 unspecified atom stereocenters. The van der Waals surface area contributed by atoms with Crippen LogP contribution in [0.1, 0.15) is 46.5 Å². The van der Waals surface area contributed by atoms with Crippen LogP contribution in [0.4, 0.5) is 0 Å². The van der Waals surface area contributed by atoms with E-state index in [1.807, 2.05) is 0 Å². The van der Waals surface area contributed by atoms with Crippen LogP contribution in [-0.4, -0.2) is 0 Å². The fourth-order valence-electron chi connectivity index (χ4n) is 3.07. The van der Waals surface area contributed by atoms with Crippen LogP contribution in [0.15, 0.2) is 34.9 Å². The molecule has 0 nitrogen and oxygen atoms in total. The fourth-order valence-corrected chi connectivity index (χ4v) is 3.07. The average molecular weight is 202 g/mol. The van der Waals surface area contributed by atoms with E-state index in [0.29, 0.717) is 0 Å². The van der Waals surface area contributed by atoms with E-state index in [2.05, 4.69) is 33.4 Å². The smallest absolute Gasteiger partial charge is 0.00105 e. The molecule has 1 fully saturated rings. The van der Waals surface area contributed by atoms with E-state index in [-0.39, 0.29) is 0 Å². The first-order chi connectivity index (χ1) is 7.09. The fraction of sp³-hybridized carbons (Fsp3) is 0.600. The van der Waals surface area contributed by atoms with Gasteiger partial charge in [0.05, 0.1) is 0 Å². The molecule has 82 valence electrons. The Morgan fingerprint density at radius 1 is 1.40 bits per heavy atom. The lowest BCUT2D eigenvalue weighted by molar-refractivity contribution is 0.390. The zero-order chi connectivity index (χ0) is 11.0. The SMILES string of the molecule is C=C(C)C1=C2CC(C)CCC2C(C)=CC1. The lowest BCUT2D eigenvalue weighted by Crippen LogP contribution is -2.21. The molecule has 2 aliphatic carbocycles. The number of hydrogen-bond donors (Lipinski definition) is 0. The van der Waals surface area contributed by atoms with Gasteiger partial charge in [0.1, 0.15) is 0 Å². The highest BCUT2D eigenvalue weighted by molar-refractivity contribution is 5.42. The van der Waals surface area contributed by atoms with Crippen LogP contribution in [0.3, 0.4) is 0 Å². The molecular weight excluding hydrogens is 180 g/mol. The Balaban J connectivity index is 2.35. The molecule has 0 heteroatoms. The largest absolute Gasteiger partial charge is 0.0958 e. The van der Waals surface area contributed by atoms with E-state index in [1.165, 1.54) is 24.8 Å². The van der Waals surface area contributed by atoms with Crippen molar-refractivity contribution in [2.75, 3.05) is 0 Å². The summed E-state index contributed by atoms with van der Waals surface area (Å²) >= 11 is 0. The minimum atomic E-state index is 0.752. The summed E-state index contributed by atoms with van der Waals surface area (Å²) in [4.78, 5) is 0. The molecule has 0 bridgehead atoms. The Morgan fingerprint density at radius 3 is 2.80 bits per heavy atom. The van der Waals surface area contributed by atoms with Gasteiger partial charge in [0.2, 0.25) is 0 Å². The summed E-state index contributed by atoms with van der Waals surface area (Å²) in [6, 6.07) is 0. The summed E-state index contributed by atoms with van der Waals surface area (Å²) in [6.07, 6.45) is 7.59. The highest BCUT2D eigenvalue weighted by atomic mass is 14.3. The first-order valence-electron chi connectivity index (χ1n) is 6.14. The zero-order valence-corrected chi connectivity index (χ0v) is 10.3. The lowest BCUT2D eigenvalue weighted by atomic mass is 9.70. The Morgan fingerprint density at radius 2 is 2.13 bits per heavy atom. The minimum absolute atomic E-state index is 0.752. The van der Waals surface area contributed by atoms with Gasteiger partial charge in [-0.2, -0.15) is 0 Å². The maximum atomic E-state index is 4.13. The molecule has 0 aromatic heterocycles. The Hall–Kier alpha value is -0.780. The summed E-state index contributed by atoms with van der Waals surface area (Å²) in [7, 11) is 0. The van der Waals surface area contributed by atoms with Crippen LogP contribution in [0.5, 0.6) is 0 Å². The summed E-state index contributed by atoms with van der Waals surface area (Å²) in [5.74, 6) is 1.62. The Labute approximate surface area is 93.8 Å². The van der Waals surface area contributed by atoms with Crippen molar-refractivity contribution in [1.82, 2.24) is 0 Å². The highest BCUT2D eigenvalue weighted by Gasteiger charge is 2.28. The number of rotatable bonds is 1. The van der Waals surface area contributed by atoms with Gasteiger partial charge in [0.25, 0.3) is 0 Å². The summed E-state index contributed by atoms with van der Waals surface area (Å²) < 4.78 is 0. The van der Waals surface area contributed by atoms with Crippen LogP contribution in [0.2, 0.25) is 0 Å². The molecule has 1 saturated carbocycles. The van der Waals surface area contributed by atoms with Crippen molar-refractivity contribution in [3.05, 3.63) is 34.9 Å². The predicted molar refractivity (Wildman–Crippen MR) is 66.7 cm³/mol. The van der Waals surface area contributed by atoms with Gasteiger partial charge in [-0.1, -0.05) is 36.3 Å². The summed E-state index contributed by atoms with van der Waals surface area (Å²) in [6.45, 7) is 11.0. The molecule has 0 aromatic rings. The third-order valence-electron chi connectivity index (χ3n) is 4.02. The molecule has 2 atom stereocenters. The normalized spacial score (nSPS) is 31.0. The van der Waals surface area contributed by atoms with Crippen molar-refractivity contribution in [2.45, 2.75) is 46.5 Å². The number of allylic oxidation sites excluding steroid dienone is 5. The molecular formula is C15H22. The van der Waals surface area contributed by atoms with Crippen molar-refractivity contribution in [2.24, 2.45) is 11.8 Å². The van der Waals surface area contributed by atoms with Gasteiger partial charge in [-0.25, -0.2) is 0 Å². The maximum absolute atomic E-state index is 4.13. The van der Waals surface area contributed by atoms with E-state index < -0.39 is 0 Å². The molecule has 0 spiro atoms. The average Bonchev–Trinajstić information content (AvgIpc) is 2.17. The standard InChI is InChI=1S/C15H22/c1-10(2)13-8-6-12(4)14-7-5-11(3)9-15(13)14/h6,11,14H,1,5,7-9H2,2-4H3. The molecule has 2 rings (SSSR count). The van der Waals surface area contributed by atoms with Gasteiger partial charge in [-0.15, -0.1) is 0 Å². The molecule has 0 N–H and O–H groups in total. The minimum Gasteiger partial charge on any atom is -0.0958 e. The Kier molecular flexibility index (Phi) is 2.86. The second kappa shape index (κ2) is 4.00. The van der Waals surface area contributed by atoms with Crippen LogP contribution in [0, 0.1) is 11.8 Å². The summed E-state index contributed by atoms with van der Waals surface area (Å²) in [5, 5.41) is 0. The van der Waals surface area contributed by atoms with E-state index in [9.17, 15) is 0 Å². The molecule has 0 aromatic carbocycles. The van der Waals surface area contributed by atoms with Crippen LogP contribution < -0.4 is 0 Å². The maximum Gasteiger partial charge on any atom is 0.00105 e. The van der Waals surface area contributed by atoms with Gasteiger partial charge in [0, 0.05) is 5.92 Å². The van der Waals surface area contributed by atoms with E-state index in [0.717, 1.165) is 18.3 Å². The molecule has 2 aliphatic rings. The second-order valence-corrected chi connectivity index (χ2v) is 5.38. The summed E-state index contributed by atoms with van der Waals surface area (Å²) in [5.41, 5.74) is 6.15. The molecule has 15 heavy (non-hydrogen) atoms. The van der Waals surface area contributed by atoms with Crippen LogP contribution in [0.25, 0.3) is 0 Å². The zero-order valence-electron chi connectivity index (χ0n) is 10.3. The van der Waals surface area contributed by atoms with Crippen molar-refractivity contribution in [1.29, 1.82) is 0 Å². The quantitative estimate of drug-likeness (QED) is 0.543. The van der Waals surface area contributed by atoms with Gasteiger partial charge in [-0.05, 0) is 51.0 Å². The van der Waals surface area contributed by atoms with Crippen molar-refractivity contribution in [3.8, 4) is 0 Å². The van der Waals surface area contributed by atoms with E-state index >= 15 is 0 Å². The number of fused-ring (bicyclic) bond motifs is 1. The van der Waals surface area contributed by atoms with Crippen molar-refractivity contribution < 1.29 is 0 Å². The van der Waals surface area contributed by atoms with E-state index in [1.54, 1.807) is 16.7 Å². The molecule has 0 saturated heterocycles. The van der Waals surface area contributed by atoms with Crippen molar-refractivity contribution >= 4 is 0 Å². The van der Waals surface area contributed by atoms with Gasteiger partial charge in [0.15, 0.2) is 0 Å². The molecule has 0 amide bonds. The number of hydrogen-bond acceptors (Lipinski definition) is 0. The molecule has 0 heterocycles. The van der Waals surface area contributed by atoms with Gasteiger partial charge >= 0.3 is 0 Å². The van der Waals surface area contributed by atoms with Gasteiger partial charge < -0.3 is 0 Å². The van der Waals surface area contributed by atoms with Crippen molar-refractivity contribution in [3.63, 3.8) is 0 Å². The molecule has 0 aliphatic heterocycles. The lowest BCUT2D eigenvalue weighted by Gasteiger charge is -2.35. The topological polar surface area (TPSA) is 0 Å². The first-order valence-corrected chi connectivity index (χ1v) is 6.14. The highest BCUT2D eigenvalue weighted by Crippen LogP contribution is 2.43. The third kappa shape index (κ3) is 1.95. The monoisotopic (exact) mass is 202 g/mol. The first kappa shape index (κ1) is 10.7. The molecule has 0 radical (unpaired) electrons. The van der Waals surface area contributed by atoms with Crippen LogP contribution in [-0.2, 0) is 0 Å². The Bertz CT molecular complexity index is 341.